The van der Waals surface area contributed by atoms with Gasteiger partial charge in [0.15, 0.2) is 0 Å². The van der Waals surface area contributed by atoms with Crippen LogP contribution in [-0.2, 0) is 13.8 Å². The van der Waals surface area contributed by atoms with Crippen molar-refractivity contribution in [3.05, 3.63) is 0 Å². The lowest BCUT2D eigenvalue weighted by Gasteiger charge is -2.19. The van der Waals surface area contributed by atoms with Crippen LogP contribution >= 0.6 is 22.0 Å². The minimum absolute atomic E-state index is 0.0151. The first-order chi connectivity index (χ1) is 8.47. The highest BCUT2D eigenvalue weighted by Gasteiger charge is 2.23. The summed E-state index contributed by atoms with van der Waals surface area (Å²) in [5, 5.41) is 9.77. The predicted octanol–water partition coefficient (Wildman–Crippen LogP) is 1.98. The van der Waals surface area contributed by atoms with Crippen LogP contribution < -0.4 is 5.32 Å². The molecular formula is C9H12ClN3O3S2. The summed E-state index contributed by atoms with van der Waals surface area (Å²) >= 11 is 0.758. The number of rotatable bonds is 3. The Bertz CT molecular complexity index is 537. The Labute approximate surface area is 113 Å². The predicted molar refractivity (Wildman–Crippen MR) is 68.2 cm³/mol. The molecule has 0 spiro atoms. The van der Waals surface area contributed by atoms with Crippen LogP contribution in [0, 0.1) is 5.92 Å². The van der Waals surface area contributed by atoms with Crippen molar-refractivity contribution >= 4 is 42.1 Å². The molecule has 6 nitrogen and oxygen atoms in total. The Morgan fingerprint density at radius 1 is 1.28 bits per heavy atom. The Morgan fingerprint density at radius 2 is 1.94 bits per heavy atom. The molecule has 1 aliphatic rings. The zero-order valence-electron chi connectivity index (χ0n) is 9.43. The second-order valence-electron chi connectivity index (χ2n) is 4.14. The molecule has 0 aromatic carbocycles. The third-order valence-corrected chi connectivity index (χ3v) is 5.57. The molecule has 0 bridgehead atoms. The summed E-state index contributed by atoms with van der Waals surface area (Å²) < 4.78 is 21.7. The molecule has 1 fully saturated rings. The van der Waals surface area contributed by atoms with E-state index in [1.165, 1.54) is 0 Å². The summed E-state index contributed by atoms with van der Waals surface area (Å²) in [7, 11) is 1.25. The van der Waals surface area contributed by atoms with Gasteiger partial charge in [-0.1, -0.05) is 30.6 Å². The molecule has 18 heavy (non-hydrogen) atoms. The van der Waals surface area contributed by atoms with Crippen LogP contribution in [0.15, 0.2) is 4.34 Å². The van der Waals surface area contributed by atoms with Crippen molar-refractivity contribution in [3.8, 4) is 0 Å². The summed E-state index contributed by atoms with van der Waals surface area (Å²) in [5.41, 5.74) is 0. The molecule has 1 aromatic heterocycles. The van der Waals surface area contributed by atoms with Gasteiger partial charge in [0.1, 0.15) is 0 Å². The van der Waals surface area contributed by atoms with E-state index in [-0.39, 0.29) is 21.3 Å². The largest absolute Gasteiger partial charge is 0.300 e. The van der Waals surface area contributed by atoms with Crippen molar-refractivity contribution in [1.82, 2.24) is 10.2 Å². The van der Waals surface area contributed by atoms with Gasteiger partial charge in [0, 0.05) is 16.6 Å². The smallest absolute Gasteiger partial charge is 0.290 e. The highest BCUT2D eigenvalue weighted by atomic mass is 35.7. The van der Waals surface area contributed by atoms with E-state index in [4.69, 9.17) is 10.7 Å². The monoisotopic (exact) mass is 309 g/mol. The Balaban J connectivity index is 2.01. The van der Waals surface area contributed by atoms with Gasteiger partial charge in [-0.3, -0.25) is 4.79 Å². The Hall–Kier alpha value is -0.730. The highest BCUT2D eigenvalue weighted by molar-refractivity contribution is 8.15. The van der Waals surface area contributed by atoms with Crippen LogP contribution in [-0.4, -0.2) is 24.5 Å². The van der Waals surface area contributed by atoms with Crippen LogP contribution in [0.1, 0.15) is 32.1 Å². The number of carbonyl (C=O) groups is 1. The normalized spacial score (nSPS) is 17.6. The fourth-order valence-corrected chi connectivity index (χ4v) is 3.56. The van der Waals surface area contributed by atoms with Crippen molar-refractivity contribution in [3.63, 3.8) is 0 Å². The summed E-state index contributed by atoms with van der Waals surface area (Å²) in [6, 6.07) is 0. The number of aromatic nitrogens is 2. The third-order valence-electron chi connectivity index (χ3n) is 2.82. The van der Waals surface area contributed by atoms with Gasteiger partial charge < -0.3 is 5.32 Å². The lowest BCUT2D eigenvalue weighted by Crippen LogP contribution is -2.24. The average Bonchev–Trinajstić information content (AvgIpc) is 2.78. The molecule has 1 saturated carbocycles. The number of halogens is 1. The molecule has 0 saturated heterocycles. The summed E-state index contributed by atoms with van der Waals surface area (Å²) in [6.07, 6.45) is 5.00. The summed E-state index contributed by atoms with van der Waals surface area (Å²) in [4.78, 5) is 11.9. The van der Waals surface area contributed by atoms with Crippen LogP contribution in [0.3, 0.4) is 0 Å². The van der Waals surface area contributed by atoms with Gasteiger partial charge in [-0.15, -0.1) is 10.2 Å². The van der Waals surface area contributed by atoms with Crippen molar-refractivity contribution in [2.24, 2.45) is 5.92 Å². The van der Waals surface area contributed by atoms with E-state index in [1.807, 2.05) is 0 Å². The van der Waals surface area contributed by atoms with Crippen molar-refractivity contribution in [1.29, 1.82) is 0 Å². The van der Waals surface area contributed by atoms with Crippen molar-refractivity contribution < 1.29 is 13.2 Å². The van der Waals surface area contributed by atoms with Crippen LogP contribution in [0.2, 0.25) is 0 Å². The molecule has 1 N–H and O–H groups in total. The third kappa shape index (κ3) is 3.39. The van der Waals surface area contributed by atoms with Gasteiger partial charge in [-0.2, -0.15) is 0 Å². The van der Waals surface area contributed by atoms with Crippen LogP contribution in [0.5, 0.6) is 0 Å². The van der Waals surface area contributed by atoms with E-state index < -0.39 is 9.05 Å². The number of hydrogen-bond acceptors (Lipinski definition) is 6. The maximum Gasteiger partial charge on any atom is 0.290 e. The van der Waals surface area contributed by atoms with Gasteiger partial charge >= 0.3 is 0 Å². The molecule has 0 unspecified atom stereocenters. The van der Waals surface area contributed by atoms with E-state index in [0.717, 1.165) is 43.4 Å². The topological polar surface area (TPSA) is 89.0 Å². The number of amides is 1. The fourth-order valence-electron chi connectivity index (χ4n) is 1.93. The van der Waals surface area contributed by atoms with Gasteiger partial charge in [-0.05, 0) is 12.8 Å². The minimum Gasteiger partial charge on any atom is -0.300 e. The van der Waals surface area contributed by atoms with Gasteiger partial charge in [0.05, 0.1) is 0 Å². The summed E-state index contributed by atoms with van der Waals surface area (Å²) in [6.45, 7) is 0. The van der Waals surface area contributed by atoms with E-state index in [0.29, 0.717) is 0 Å². The fraction of sp³-hybridized carbons (Fsp3) is 0.667. The lowest BCUT2D eigenvalue weighted by atomic mass is 9.89. The molecule has 1 aromatic rings. The van der Waals surface area contributed by atoms with Crippen LogP contribution in [0.25, 0.3) is 0 Å². The molecule has 1 amide bonds. The van der Waals surface area contributed by atoms with E-state index >= 15 is 0 Å². The zero-order chi connectivity index (χ0) is 13.2. The molecule has 0 radical (unpaired) electrons. The lowest BCUT2D eigenvalue weighted by molar-refractivity contribution is -0.120. The average molecular weight is 310 g/mol. The highest BCUT2D eigenvalue weighted by Crippen LogP contribution is 2.27. The molecule has 1 heterocycles. The van der Waals surface area contributed by atoms with Gasteiger partial charge in [0.2, 0.25) is 15.4 Å². The molecular weight excluding hydrogens is 298 g/mol. The number of carbonyl (C=O) groups excluding carboxylic acids is 1. The number of nitrogens with zero attached hydrogens (tertiary/aromatic N) is 2. The first-order valence-corrected chi connectivity index (χ1v) is 8.68. The van der Waals surface area contributed by atoms with E-state index in [1.54, 1.807) is 0 Å². The number of nitrogens with one attached hydrogen (secondary N) is 1. The van der Waals surface area contributed by atoms with Gasteiger partial charge in [0.25, 0.3) is 9.05 Å². The second-order valence-corrected chi connectivity index (χ2v) is 7.85. The second kappa shape index (κ2) is 5.50. The quantitative estimate of drug-likeness (QED) is 0.681. The maximum atomic E-state index is 11.9. The molecule has 2 rings (SSSR count). The number of anilines is 1. The van der Waals surface area contributed by atoms with Crippen LogP contribution in [0.4, 0.5) is 5.13 Å². The standard InChI is InChI=1S/C9H12ClN3O3S2/c10-18(15,16)9-13-12-8(17-9)11-7(14)6-4-2-1-3-5-6/h6H,1-5H2,(H,11,12,14). The van der Waals surface area contributed by atoms with E-state index in [2.05, 4.69) is 15.5 Å². The first-order valence-electron chi connectivity index (χ1n) is 5.56. The molecule has 0 atom stereocenters. The van der Waals surface area contributed by atoms with Gasteiger partial charge in [-0.25, -0.2) is 8.42 Å². The van der Waals surface area contributed by atoms with Crippen molar-refractivity contribution in [2.75, 3.05) is 5.32 Å². The van der Waals surface area contributed by atoms with Crippen molar-refractivity contribution in [2.45, 2.75) is 36.4 Å². The summed E-state index contributed by atoms with van der Waals surface area (Å²) in [5.74, 6) is -0.136. The first kappa shape index (κ1) is 13.7. The minimum atomic E-state index is -3.88. The maximum absolute atomic E-state index is 11.9. The molecule has 9 heteroatoms. The zero-order valence-corrected chi connectivity index (χ0v) is 11.8. The number of hydrogen-bond donors (Lipinski definition) is 1. The molecule has 100 valence electrons. The molecule has 1 aliphatic carbocycles. The Morgan fingerprint density at radius 3 is 2.50 bits per heavy atom. The SMILES string of the molecule is O=C(Nc1nnc(S(=O)(=O)Cl)s1)C1CCCCC1. The Kier molecular flexibility index (Phi) is 4.18. The van der Waals surface area contributed by atoms with E-state index in [9.17, 15) is 13.2 Å². The molecule has 0 aliphatic heterocycles.